The van der Waals surface area contributed by atoms with Gasteiger partial charge >= 0.3 is 0 Å². The number of methoxy groups -OCH3 is 1. The van der Waals surface area contributed by atoms with Crippen molar-refractivity contribution in [2.45, 2.75) is 12.8 Å². The van der Waals surface area contributed by atoms with E-state index in [1.807, 2.05) is 24.4 Å². The third kappa shape index (κ3) is 2.88. The molecule has 0 radical (unpaired) electrons. The van der Waals surface area contributed by atoms with E-state index in [2.05, 4.69) is 31.2 Å². The molecule has 0 aliphatic carbocycles. The summed E-state index contributed by atoms with van der Waals surface area (Å²) in [4.78, 5) is 7.93. The Bertz CT molecular complexity index is 591. The number of hydrogen-bond acceptors (Lipinski definition) is 3. The second-order valence-electron chi connectivity index (χ2n) is 5.15. The molecule has 1 unspecified atom stereocenters. The van der Waals surface area contributed by atoms with Gasteiger partial charge in [0.15, 0.2) is 0 Å². The molecule has 3 rings (SSSR count). The van der Waals surface area contributed by atoms with Gasteiger partial charge in [-0.05, 0) is 43.6 Å². The Labute approximate surface area is 127 Å². The van der Waals surface area contributed by atoms with E-state index in [1.165, 1.54) is 6.42 Å². The van der Waals surface area contributed by atoms with Crippen LogP contribution in [-0.4, -0.2) is 30.2 Å². The maximum atomic E-state index is 5.42. The number of hydrogen-bond donors (Lipinski definition) is 2. The number of halogens is 1. The highest BCUT2D eigenvalue weighted by Crippen LogP contribution is 2.31. The van der Waals surface area contributed by atoms with E-state index >= 15 is 0 Å². The summed E-state index contributed by atoms with van der Waals surface area (Å²) >= 11 is 3.50. The molecule has 0 spiro atoms. The lowest BCUT2D eigenvalue weighted by Crippen LogP contribution is -2.11. The summed E-state index contributed by atoms with van der Waals surface area (Å²) in [6.07, 6.45) is 4.13. The van der Waals surface area contributed by atoms with E-state index in [0.717, 1.165) is 46.8 Å². The van der Waals surface area contributed by atoms with E-state index in [4.69, 9.17) is 4.74 Å². The zero-order valence-corrected chi connectivity index (χ0v) is 13.0. The van der Waals surface area contributed by atoms with Gasteiger partial charge in [-0.1, -0.05) is 15.9 Å². The minimum absolute atomic E-state index is 0.693. The Morgan fingerprint density at radius 2 is 2.35 bits per heavy atom. The van der Waals surface area contributed by atoms with Gasteiger partial charge in [0.1, 0.15) is 11.6 Å². The number of aromatic amines is 1. The van der Waals surface area contributed by atoms with Crippen molar-refractivity contribution >= 4 is 15.9 Å². The number of nitrogens with zero attached hydrogens (tertiary/aromatic N) is 1. The minimum atomic E-state index is 0.693. The molecule has 5 heteroatoms. The van der Waals surface area contributed by atoms with Crippen molar-refractivity contribution in [2.24, 2.45) is 5.92 Å². The van der Waals surface area contributed by atoms with Gasteiger partial charge in [-0.2, -0.15) is 0 Å². The molecule has 1 fully saturated rings. The van der Waals surface area contributed by atoms with Crippen LogP contribution in [0.1, 0.15) is 12.2 Å². The van der Waals surface area contributed by atoms with E-state index < -0.39 is 0 Å². The van der Waals surface area contributed by atoms with Crippen molar-refractivity contribution in [2.75, 3.05) is 20.2 Å². The highest BCUT2D eigenvalue weighted by atomic mass is 79.9. The number of ether oxygens (including phenoxy) is 1. The Morgan fingerprint density at radius 1 is 1.45 bits per heavy atom. The summed E-state index contributed by atoms with van der Waals surface area (Å²) in [6, 6.07) is 5.98. The molecule has 1 saturated heterocycles. The molecule has 1 aromatic carbocycles. The fraction of sp³-hybridized carbons (Fsp3) is 0.400. The monoisotopic (exact) mass is 335 g/mol. The molecule has 0 amide bonds. The average Bonchev–Trinajstić information content (AvgIpc) is 3.11. The molecule has 1 atom stereocenters. The molecule has 1 aromatic heterocycles. The third-order valence-electron chi connectivity index (χ3n) is 3.72. The first kappa shape index (κ1) is 13.6. The standard InChI is InChI=1S/C15H18BrN3O/c1-20-14-3-2-11(16)7-12(14)13-9-18-15(19-13)6-10-4-5-17-8-10/h2-3,7,9-10,17H,4-6,8H2,1H3,(H,18,19). The second-order valence-corrected chi connectivity index (χ2v) is 6.07. The molecule has 1 aliphatic rings. The lowest BCUT2D eigenvalue weighted by Gasteiger charge is -2.07. The normalized spacial score (nSPS) is 18.4. The molecule has 2 heterocycles. The van der Waals surface area contributed by atoms with Crippen LogP contribution < -0.4 is 10.1 Å². The number of rotatable bonds is 4. The SMILES string of the molecule is COc1ccc(Br)cc1-c1cnc(CC2CCNC2)[nH]1. The zero-order chi connectivity index (χ0) is 13.9. The van der Waals surface area contributed by atoms with Crippen LogP contribution in [0.5, 0.6) is 5.75 Å². The molecule has 0 bridgehead atoms. The van der Waals surface area contributed by atoms with Crippen molar-refractivity contribution in [1.82, 2.24) is 15.3 Å². The van der Waals surface area contributed by atoms with E-state index in [-0.39, 0.29) is 0 Å². The number of imidazole rings is 1. The van der Waals surface area contributed by atoms with Gasteiger partial charge in [0.25, 0.3) is 0 Å². The molecule has 1 aliphatic heterocycles. The first-order valence-electron chi connectivity index (χ1n) is 6.85. The second kappa shape index (κ2) is 5.97. The molecule has 0 saturated carbocycles. The van der Waals surface area contributed by atoms with Crippen LogP contribution in [0.4, 0.5) is 0 Å². The van der Waals surface area contributed by atoms with Gasteiger partial charge in [0.05, 0.1) is 19.0 Å². The largest absolute Gasteiger partial charge is 0.496 e. The van der Waals surface area contributed by atoms with Gasteiger partial charge in [-0.15, -0.1) is 0 Å². The Hall–Kier alpha value is -1.33. The smallest absolute Gasteiger partial charge is 0.128 e. The highest BCUT2D eigenvalue weighted by molar-refractivity contribution is 9.10. The zero-order valence-electron chi connectivity index (χ0n) is 11.4. The quantitative estimate of drug-likeness (QED) is 0.902. The molecular weight excluding hydrogens is 318 g/mol. The van der Waals surface area contributed by atoms with Gasteiger partial charge < -0.3 is 15.0 Å². The number of benzene rings is 1. The van der Waals surface area contributed by atoms with Crippen molar-refractivity contribution in [3.05, 3.63) is 34.7 Å². The highest BCUT2D eigenvalue weighted by Gasteiger charge is 2.17. The summed E-state index contributed by atoms with van der Waals surface area (Å²) < 4.78 is 6.45. The number of aromatic nitrogens is 2. The summed E-state index contributed by atoms with van der Waals surface area (Å²) in [5, 5.41) is 3.39. The van der Waals surface area contributed by atoms with Crippen molar-refractivity contribution in [3.8, 4) is 17.0 Å². The molecule has 2 N–H and O–H groups in total. The van der Waals surface area contributed by atoms with Crippen LogP contribution in [0.15, 0.2) is 28.9 Å². The summed E-state index contributed by atoms with van der Waals surface area (Å²) in [5.41, 5.74) is 2.04. The van der Waals surface area contributed by atoms with Crippen LogP contribution in [0.3, 0.4) is 0 Å². The van der Waals surface area contributed by atoms with Crippen molar-refractivity contribution < 1.29 is 4.74 Å². The predicted octanol–water partition coefficient (Wildman–Crippen LogP) is 3.00. The van der Waals surface area contributed by atoms with E-state index in [0.29, 0.717) is 5.92 Å². The van der Waals surface area contributed by atoms with Crippen LogP contribution in [0.25, 0.3) is 11.3 Å². The predicted molar refractivity (Wildman–Crippen MR) is 83.0 cm³/mol. The topological polar surface area (TPSA) is 49.9 Å². The lowest BCUT2D eigenvalue weighted by atomic mass is 10.1. The van der Waals surface area contributed by atoms with E-state index in [9.17, 15) is 0 Å². The van der Waals surface area contributed by atoms with Crippen molar-refractivity contribution in [3.63, 3.8) is 0 Å². The van der Waals surface area contributed by atoms with Gasteiger partial charge in [0, 0.05) is 16.5 Å². The molecule has 20 heavy (non-hydrogen) atoms. The van der Waals surface area contributed by atoms with Crippen molar-refractivity contribution in [1.29, 1.82) is 0 Å². The van der Waals surface area contributed by atoms with Crippen LogP contribution in [0.2, 0.25) is 0 Å². The first-order valence-corrected chi connectivity index (χ1v) is 7.64. The van der Waals surface area contributed by atoms with Gasteiger partial charge in [0.2, 0.25) is 0 Å². The lowest BCUT2D eigenvalue weighted by molar-refractivity contribution is 0.416. The van der Waals surface area contributed by atoms with Gasteiger partial charge in [-0.25, -0.2) is 4.98 Å². The number of nitrogens with one attached hydrogen (secondary N) is 2. The molecule has 106 valence electrons. The molecule has 4 nitrogen and oxygen atoms in total. The summed E-state index contributed by atoms with van der Waals surface area (Å²) in [6.45, 7) is 2.22. The molecule has 2 aromatic rings. The maximum absolute atomic E-state index is 5.42. The van der Waals surface area contributed by atoms with E-state index in [1.54, 1.807) is 7.11 Å². The summed E-state index contributed by atoms with van der Waals surface area (Å²) in [7, 11) is 1.69. The minimum Gasteiger partial charge on any atom is -0.496 e. The summed E-state index contributed by atoms with van der Waals surface area (Å²) in [5.74, 6) is 2.60. The Balaban J connectivity index is 1.83. The van der Waals surface area contributed by atoms with Crippen LogP contribution >= 0.6 is 15.9 Å². The first-order chi connectivity index (χ1) is 9.76. The number of H-pyrrole nitrogens is 1. The average molecular weight is 336 g/mol. The van der Waals surface area contributed by atoms with Crippen LogP contribution in [0, 0.1) is 5.92 Å². The fourth-order valence-electron chi connectivity index (χ4n) is 2.66. The van der Waals surface area contributed by atoms with Crippen LogP contribution in [-0.2, 0) is 6.42 Å². The molecular formula is C15H18BrN3O. The maximum Gasteiger partial charge on any atom is 0.128 e. The van der Waals surface area contributed by atoms with Gasteiger partial charge in [-0.3, -0.25) is 0 Å². The fourth-order valence-corrected chi connectivity index (χ4v) is 3.02. The Morgan fingerprint density at radius 3 is 3.10 bits per heavy atom. The third-order valence-corrected chi connectivity index (χ3v) is 4.22. The Kier molecular flexibility index (Phi) is 4.08.